The SMILES string of the molecule is CCCCCCCCCCOc1ccc(-c2nc3cc([N+](=O)[O-])ccc3o2)cc1. The number of oxazole rings is 1. The van der Waals surface area contributed by atoms with Crippen LogP contribution in [-0.4, -0.2) is 16.5 Å². The molecule has 6 heteroatoms. The highest BCUT2D eigenvalue weighted by atomic mass is 16.6. The smallest absolute Gasteiger partial charge is 0.271 e. The van der Waals surface area contributed by atoms with Gasteiger partial charge in [0.15, 0.2) is 5.58 Å². The van der Waals surface area contributed by atoms with Gasteiger partial charge in [0, 0.05) is 17.7 Å². The van der Waals surface area contributed by atoms with Gasteiger partial charge in [0.2, 0.25) is 5.89 Å². The third kappa shape index (κ3) is 6.04. The van der Waals surface area contributed by atoms with Crippen LogP contribution in [0, 0.1) is 10.1 Å². The van der Waals surface area contributed by atoms with Gasteiger partial charge >= 0.3 is 0 Å². The summed E-state index contributed by atoms with van der Waals surface area (Å²) in [6.45, 7) is 2.96. The highest BCUT2D eigenvalue weighted by molar-refractivity contribution is 5.78. The molecule has 0 amide bonds. The normalized spacial score (nSPS) is 11.1. The van der Waals surface area contributed by atoms with Crippen molar-refractivity contribution >= 4 is 16.8 Å². The van der Waals surface area contributed by atoms with Gasteiger partial charge in [-0.2, -0.15) is 0 Å². The number of rotatable bonds is 12. The van der Waals surface area contributed by atoms with Gasteiger partial charge < -0.3 is 9.15 Å². The standard InChI is InChI=1S/C23H28N2O4/c1-2-3-4-5-6-7-8-9-16-28-20-13-10-18(11-14-20)23-24-21-17-19(25(26)27)12-15-22(21)29-23/h10-15,17H,2-9,16H2,1H3. The zero-order valence-electron chi connectivity index (χ0n) is 16.9. The lowest BCUT2D eigenvalue weighted by atomic mass is 10.1. The Bertz CT molecular complexity index is 918. The molecule has 0 N–H and O–H groups in total. The van der Waals surface area contributed by atoms with Gasteiger partial charge in [0.25, 0.3) is 5.69 Å². The molecule has 0 aliphatic carbocycles. The van der Waals surface area contributed by atoms with Crippen molar-refractivity contribution in [3.8, 4) is 17.2 Å². The van der Waals surface area contributed by atoms with E-state index in [1.807, 2.05) is 24.3 Å². The Hall–Kier alpha value is -2.89. The van der Waals surface area contributed by atoms with Crippen LogP contribution >= 0.6 is 0 Å². The molecule has 1 heterocycles. The first-order valence-electron chi connectivity index (χ1n) is 10.5. The first-order valence-corrected chi connectivity index (χ1v) is 10.5. The Balaban J connectivity index is 1.46. The summed E-state index contributed by atoms with van der Waals surface area (Å²) in [5.41, 5.74) is 1.81. The lowest BCUT2D eigenvalue weighted by Crippen LogP contribution is -1.97. The van der Waals surface area contributed by atoms with Crippen LogP contribution in [0.3, 0.4) is 0 Å². The van der Waals surface area contributed by atoms with E-state index in [1.54, 1.807) is 6.07 Å². The largest absolute Gasteiger partial charge is 0.494 e. The first-order chi connectivity index (χ1) is 14.2. The minimum atomic E-state index is -0.438. The van der Waals surface area contributed by atoms with Crippen LogP contribution in [0.15, 0.2) is 46.9 Å². The highest BCUT2D eigenvalue weighted by Crippen LogP contribution is 2.28. The summed E-state index contributed by atoms with van der Waals surface area (Å²) < 4.78 is 11.5. The number of unbranched alkanes of at least 4 members (excludes halogenated alkanes) is 7. The molecule has 154 valence electrons. The summed E-state index contributed by atoms with van der Waals surface area (Å²) in [4.78, 5) is 14.8. The maximum Gasteiger partial charge on any atom is 0.271 e. The monoisotopic (exact) mass is 396 g/mol. The molecule has 0 saturated carbocycles. The molecule has 6 nitrogen and oxygen atoms in total. The molecule has 0 unspecified atom stereocenters. The van der Waals surface area contributed by atoms with Crippen molar-refractivity contribution in [1.29, 1.82) is 0 Å². The van der Waals surface area contributed by atoms with Crippen molar-refractivity contribution in [2.24, 2.45) is 0 Å². The van der Waals surface area contributed by atoms with Crippen molar-refractivity contribution < 1.29 is 14.1 Å². The molecule has 29 heavy (non-hydrogen) atoms. The maximum atomic E-state index is 10.9. The number of hydrogen-bond acceptors (Lipinski definition) is 5. The molecule has 1 aromatic heterocycles. The quantitative estimate of drug-likeness (QED) is 0.188. The van der Waals surface area contributed by atoms with Crippen molar-refractivity contribution in [1.82, 2.24) is 4.98 Å². The van der Waals surface area contributed by atoms with Gasteiger partial charge in [0.05, 0.1) is 11.5 Å². The fourth-order valence-corrected chi connectivity index (χ4v) is 3.27. The molecule has 0 atom stereocenters. The molecule has 0 radical (unpaired) electrons. The number of nitrogens with zero attached hydrogens (tertiary/aromatic N) is 2. The van der Waals surface area contributed by atoms with E-state index < -0.39 is 4.92 Å². The van der Waals surface area contributed by atoms with E-state index in [-0.39, 0.29) is 5.69 Å². The molecular weight excluding hydrogens is 368 g/mol. The third-order valence-electron chi connectivity index (χ3n) is 4.95. The van der Waals surface area contributed by atoms with Gasteiger partial charge in [-0.05, 0) is 36.8 Å². The molecule has 0 aliphatic heterocycles. The van der Waals surface area contributed by atoms with E-state index >= 15 is 0 Å². The van der Waals surface area contributed by atoms with E-state index in [4.69, 9.17) is 9.15 Å². The number of non-ortho nitro benzene ring substituents is 1. The van der Waals surface area contributed by atoms with Gasteiger partial charge in [-0.1, -0.05) is 51.9 Å². The second-order valence-electron chi connectivity index (χ2n) is 7.28. The van der Waals surface area contributed by atoms with Crippen LogP contribution in [0.5, 0.6) is 5.75 Å². The number of nitro groups is 1. The molecular formula is C23H28N2O4. The molecule has 2 aromatic carbocycles. The molecule has 0 aliphatic rings. The van der Waals surface area contributed by atoms with E-state index in [0.29, 0.717) is 17.0 Å². The highest BCUT2D eigenvalue weighted by Gasteiger charge is 2.12. The topological polar surface area (TPSA) is 78.4 Å². The van der Waals surface area contributed by atoms with E-state index in [2.05, 4.69) is 11.9 Å². The fourth-order valence-electron chi connectivity index (χ4n) is 3.27. The summed E-state index contributed by atoms with van der Waals surface area (Å²) in [7, 11) is 0. The summed E-state index contributed by atoms with van der Waals surface area (Å²) in [6.07, 6.45) is 10.2. The van der Waals surface area contributed by atoms with Gasteiger partial charge in [0.1, 0.15) is 11.3 Å². The zero-order chi connectivity index (χ0) is 20.5. The van der Waals surface area contributed by atoms with Crippen LogP contribution in [0.1, 0.15) is 58.3 Å². The van der Waals surface area contributed by atoms with Crippen molar-refractivity contribution in [2.75, 3.05) is 6.61 Å². The Morgan fingerprint density at radius 3 is 2.34 bits per heavy atom. The van der Waals surface area contributed by atoms with Crippen molar-refractivity contribution in [3.05, 3.63) is 52.6 Å². The minimum Gasteiger partial charge on any atom is -0.494 e. The van der Waals surface area contributed by atoms with Gasteiger partial charge in [-0.25, -0.2) is 4.98 Å². The maximum absolute atomic E-state index is 10.9. The number of benzene rings is 2. The Labute approximate surface area is 171 Å². The zero-order valence-corrected chi connectivity index (χ0v) is 16.9. The Morgan fingerprint density at radius 1 is 0.966 bits per heavy atom. The number of nitro benzene ring substituents is 1. The average molecular weight is 396 g/mol. The Morgan fingerprint density at radius 2 is 1.66 bits per heavy atom. The summed E-state index contributed by atoms with van der Waals surface area (Å²) in [5.74, 6) is 1.26. The van der Waals surface area contributed by atoms with E-state index in [0.717, 1.165) is 24.3 Å². The van der Waals surface area contributed by atoms with Crippen LogP contribution in [-0.2, 0) is 0 Å². The predicted octanol–water partition coefficient (Wildman–Crippen LogP) is 6.92. The van der Waals surface area contributed by atoms with Gasteiger partial charge in [-0.3, -0.25) is 10.1 Å². The summed E-state index contributed by atoms with van der Waals surface area (Å²) in [5, 5.41) is 10.9. The average Bonchev–Trinajstić information content (AvgIpc) is 3.16. The molecule has 0 bridgehead atoms. The molecule has 0 saturated heterocycles. The van der Waals surface area contributed by atoms with Crippen LogP contribution in [0.4, 0.5) is 5.69 Å². The van der Waals surface area contributed by atoms with Gasteiger partial charge in [-0.15, -0.1) is 0 Å². The second kappa shape index (κ2) is 10.6. The van der Waals surface area contributed by atoms with Crippen molar-refractivity contribution in [2.45, 2.75) is 58.3 Å². The molecule has 0 fully saturated rings. The van der Waals surface area contributed by atoms with Crippen LogP contribution < -0.4 is 4.74 Å². The number of ether oxygens (including phenoxy) is 1. The Kier molecular flexibility index (Phi) is 7.61. The summed E-state index contributed by atoms with van der Waals surface area (Å²) in [6, 6.07) is 12.0. The molecule has 0 spiro atoms. The minimum absolute atomic E-state index is 0.00190. The van der Waals surface area contributed by atoms with Crippen LogP contribution in [0.2, 0.25) is 0 Å². The molecule has 3 rings (SSSR count). The fraction of sp³-hybridized carbons (Fsp3) is 0.435. The second-order valence-corrected chi connectivity index (χ2v) is 7.28. The van der Waals surface area contributed by atoms with E-state index in [9.17, 15) is 10.1 Å². The lowest BCUT2D eigenvalue weighted by molar-refractivity contribution is -0.384. The van der Waals surface area contributed by atoms with E-state index in [1.165, 1.54) is 57.1 Å². The lowest BCUT2D eigenvalue weighted by Gasteiger charge is -2.06. The number of hydrogen-bond donors (Lipinski definition) is 0. The summed E-state index contributed by atoms with van der Waals surface area (Å²) >= 11 is 0. The first kappa shape index (κ1) is 20.8. The van der Waals surface area contributed by atoms with Crippen molar-refractivity contribution in [3.63, 3.8) is 0 Å². The number of fused-ring (bicyclic) bond motifs is 1. The predicted molar refractivity (Wildman–Crippen MR) is 114 cm³/mol. The third-order valence-corrected chi connectivity index (χ3v) is 4.95. The molecule has 3 aromatic rings. The van der Waals surface area contributed by atoms with Crippen LogP contribution in [0.25, 0.3) is 22.6 Å². The number of aromatic nitrogens is 1.